The van der Waals surface area contributed by atoms with Crippen LogP contribution < -0.4 is 4.74 Å². The molecule has 0 fully saturated rings. The Labute approximate surface area is 128 Å². The summed E-state index contributed by atoms with van der Waals surface area (Å²) in [6, 6.07) is 15.4. The van der Waals surface area contributed by atoms with Gasteiger partial charge in [0.2, 0.25) is 0 Å². The molecular formula is C16H17ClO2S. The Kier molecular flexibility index (Phi) is 5.77. The maximum absolute atomic E-state index is 9.91. The fourth-order valence-electron chi connectivity index (χ4n) is 1.60. The molecule has 0 aliphatic heterocycles. The van der Waals surface area contributed by atoms with Crippen molar-refractivity contribution in [3.63, 3.8) is 0 Å². The van der Waals surface area contributed by atoms with Crippen LogP contribution in [0.2, 0.25) is 5.02 Å². The van der Waals surface area contributed by atoms with Crippen molar-refractivity contribution in [3.8, 4) is 5.75 Å². The SMILES string of the molecule is Cc1ccc(SC[C@@H](O)COc2ccc(Cl)cc2)cc1. The monoisotopic (exact) mass is 308 g/mol. The highest BCUT2D eigenvalue weighted by molar-refractivity contribution is 7.99. The lowest BCUT2D eigenvalue weighted by molar-refractivity contribution is 0.126. The standard InChI is InChI=1S/C16H17ClO2S/c1-12-2-8-16(9-3-12)20-11-14(18)10-19-15-6-4-13(17)5-7-15/h2-9,14,18H,10-11H2,1H3/t14-/m0/s1. The zero-order valence-electron chi connectivity index (χ0n) is 11.3. The van der Waals surface area contributed by atoms with Gasteiger partial charge in [0.25, 0.3) is 0 Å². The summed E-state index contributed by atoms with van der Waals surface area (Å²) in [6.07, 6.45) is -0.503. The Morgan fingerprint density at radius 1 is 1.10 bits per heavy atom. The van der Waals surface area contributed by atoms with E-state index < -0.39 is 6.10 Å². The number of halogens is 1. The second-order valence-electron chi connectivity index (χ2n) is 4.54. The van der Waals surface area contributed by atoms with E-state index in [0.717, 1.165) is 4.90 Å². The van der Waals surface area contributed by atoms with Gasteiger partial charge in [0.15, 0.2) is 0 Å². The molecule has 0 unspecified atom stereocenters. The van der Waals surface area contributed by atoms with Crippen molar-refractivity contribution in [1.82, 2.24) is 0 Å². The van der Waals surface area contributed by atoms with E-state index in [1.165, 1.54) is 5.56 Å². The first-order chi connectivity index (χ1) is 9.63. The molecule has 0 aromatic heterocycles. The highest BCUT2D eigenvalue weighted by Gasteiger charge is 2.06. The van der Waals surface area contributed by atoms with E-state index in [-0.39, 0.29) is 6.61 Å². The van der Waals surface area contributed by atoms with Crippen LogP contribution in [-0.4, -0.2) is 23.6 Å². The predicted molar refractivity (Wildman–Crippen MR) is 84.9 cm³/mol. The maximum atomic E-state index is 9.91. The molecule has 0 spiro atoms. The van der Waals surface area contributed by atoms with E-state index in [0.29, 0.717) is 16.5 Å². The van der Waals surface area contributed by atoms with E-state index in [1.807, 2.05) is 0 Å². The number of rotatable bonds is 6. The summed E-state index contributed by atoms with van der Waals surface area (Å²) in [5.41, 5.74) is 1.24. The summed E-state index contributed by atoms with van der Waals surface area (Å²) in [5, 5.41) is 10.6. The third kappa shape index (κ3) is 5.08. The van der Waals surface area contributed by atoms with E-state index in [1.54, 1.807) is 36.0 Å². The molecule has 0 saturated carbocycles. The van der Waals surface area contributed by atoms with Crippen LogP contribution in [-0.2, 0) is 0 Å². The zero-order valence-corrected chi connectivity index (χ0v) is 12.8. The molecule has 106 valence electrons. The van der Waals surface area contributed by atoms with Crippen LogP contribution in [0.25, 0.3) is 0 Å². The summed E-state index contributed by atoms with van der Waals surface area (Å²) >= 11 is 7.42. The first kappa shape index (κ1) is 15.2. The number of hydrogen-bond acceptors (Lipinski definition) is 3. The van der Waals surface area contributed by atoms with Crippen LogP contribution >= 0.6 is 23.4 Å². The molecule has 2 aromatic rings. The number of benzene rings is 2. The van der Waals surface area contributed by atoms with Crippen LogP contribution in [0, 0.1) is 6.92 Å². The maximum Gasteiger partial charge on any atom is 0.119 e. The van der Waals surface area contributed by atoms with E-state index in [4.69, 9.17) is 16.3 Å². The largest absolute Gasteiger partial charge is 0.491 e. The Morgan fingerprint density at radius 3 is 2.40 bits per heavy atom. The smallest absolute Gasteiger partial charge is 0.119 e. The van der Waals surface area contributed by atoms with Gasteiger partial charge in [-0.25, -0.2) is 0 Å². The van der Waals surface area contributed by atoms with Crippen molar-refractivity contribution >= 4 is 23.4 Å². The number of thioether (sulfide) groups is 1. The molecule has 1 N–H and O–H groups in total. The first-order valence-corrected chi connectivity index (χ1v) is 7.76. The van der Waals surface area contributed by atoms with E-state index >= 15 is 0 Å². The number of ether oxygens (including phenoxy) is 1. The molecule has 0 saturated heterocycles. The van der Waals surface area contributed by atoms with Crippen molar-refractivity contribution in [1.29, 1.82) is 0 Å². The van der Waals surface area contributed by atoms with Gasteiger partial charge >= 0.3 is 0 Å². The fourth-order valence-corrected chi connectivity index (χ4v) is 2.53. The molecule has 0 heterocycles. The highest BCUT2D eigenvalue weighted by atomic mass is 35.5. The summed E-state index contributed by atoms with van der Waals surface area (Å²) in [6.45, 7) is 2.34. The van der Waals surface area contributed by atoms with Crippen LogP contribution in [0.4, 0.5) is 0 Å². The van der Waals surface area contributed by atoms with Crippen molar-refractivity contribution in [2.24, 2.45) is 0 Å². The third-order valence-corrected chi connectivity index (χ3v) is 4.13. The molecule has 2 aromatic carbocycles. The van der Waals surface area contributed by atoms with Gasteiger partial charge in [-0.05, 0) is 43.3 Å². The van der Waals surface area contributed by atoms with Crippen molar-refractivity contribution in [3.05, 3.63) is 59.1 Å². The number of aliphatic hydroxyl groups is 1. The van der Waals surface area contributed by atoms with Gasteiger partial charge in [0, 0.05) is 15.7 Å². The van der Waals surface area contributed by atoms with Crippen molar-refractivity contribution in [2.75, 3.05) is 12.4 Å². The Bertz CT molecular complexity index is 476. The lowest BCUT2D eigenvalue weighted by Gasteiger charge is -2.12. The minimum absolute atomic E-state index is 0.278. The van der Waals surface area contributed by atoms with Gasteiger partial charge in [-0.3, -0.25) is 0 Å². The minimum Gasteiger partial charge on any atom is -0.491 e. The zero-order chi connectivity index (χ0) is 14.4. The van der Waals surface area contributed by atoms with Crippen molar-refractivity contribution < 1.29 is 9.84 Å². The number of hydrogen-bond donors (Lipinski definition) is 1. The van der Waals surface area contributed by atoms with Crippen LogP contribution in [0.3, 0.4) is 0 Å². The normalized spacial score (nSPS) is 12.2. The molecule has 2 rings (SSSR count). The Morgan fingerprint density at radius 2 is 1.75 bits per heavy atom. The van der Waals surface area contributed by atoms with Gasteiger partial charge < -0.3 is 9.84 Å². The molecule has 0 aliphatic carbocycles. The molecule has 0 amide bonds. The van der Waals surface area contributed by atoms with Gasteiger partial charge in [-0.1, -0.05) is 29.3 Å². The molecule has 1 atom stereocenters. The van der Waals surface area contributed by atoms with Gasteiger partial charge in [-0.15, -0.1) is 11.8 Å². The predicted octanol–water partition coefficient (Wildman–Crippen LogP) is 4.18. The second kappa shape index (κ2) is 7.58. The van der Waals surface area contributed by atoms with Gasteiger partial charge in [-0.2, -0.15) is 0 Å². The van der Waals surface area contributed by atoms with Crippen LogP contribution in [0.1, 0.15) is 5.56 Å². The third-order valence-electron chi connectivity index (χ3n) is 2.72. The topological polar surface area (TPSA) is 29.5 Å². The molecule has 4 heteroatoms. The number of aliphatic hydroxyl groups excluding tert-OH is 1. The summed E-state index contributed by atoms with van der Waals surface area (Å²) in [5.74, 6) is 1.32. The molecule has 0 aliphatic rings. The lowest BCUT2D eigenvalue weighted by atomic mass is 10.2. The van der Waals surface area contributed by atoms with Gasteiger partial charge in [0.05, 0.1) is 6.10 Å². The summed E-state index contributed by atoms with van der Waals surface area (Å²) in [4.78, 5) is 1.15. The van der Waals surface area contributed by atoms with Crippen LogP contribution in [0.15, 0.2) is 53.4 Å². The second-order valence-corrected chi connectivity index (χ2v) is 6.07. The van der Waals surface area contributed by atoms with E-state index in [9.17, 15) is 5.11 Å². The first-order valence-electron chi connectivity index (χ1n) is 6.39. The van der Waals surface area contributed by atoms with Gasteiger partial charge in [0.1, 0.15) is 12.4 Å². The quantitative estimate of drug-likeness (QED) is 0.812. The number of aryl methyl sites for hydroxylation is 1. The molecule has 0 bridgehead atoms. The molecule has 20 heavy (non-hydrogen) atoms. The Hall–Kier alpha value is -1.16. The molecule has 0 radical (unpaired) electrons. The highest BCUT2D eigenvalue weighted by Crippen LogP contribution is 2.20. The summed E-state index contributed by atoms with van der Waals surface area (Å²) in [7, 11) is 0. The Balaban J connectivity index is 1.73. The molecule has 2 nitrogen and oxygen atoms in total. The average Bonchev–Trinajstić information content (AvgIpc) is 2.46. The molecular weight excluding hydrogens is 292 g/mol. The minimum atomic E-state index is -0.503. The fraction of sp³-hybridized carbons (Fsp3) is 0.250. The average molecular weight is 309 g/mol. The summed E-state index contributed by atoms with van der Waals surface area (Å²) < 4.78 is 5.51. The van der Waals surface area contributed by atoms with E-state index in [2.05, 4.69) is 31.2 Å². The van der Waals surface area contributed by atoms with Crippen LogP contribution in [0.5, 0.6) is 5.75 Å². The lowest BCUT2D eigenvalue weighted by Crippen LogP contribution is -2.19. The van der Waals surface area contributed by atoms with Crippen molar-refractivity contribution in [2.45, 2.75) is 17.9 Å².